The quantitative estimate of drug-likeness (QED) is 0.730. The fourth-order valence-corrected chi connectivity index (χ4v) is 3.76. The van der Waals surface area contributed by atoms with E-state index in [-0.39, 0.29) is 17.5 Å². The van der Waals surface area contributed by atoms with Crippen LogP contribution in [0.15, 0.2) is 48.5 Å². The number of carbonyl (C=O) groups is 2. The van der Waals surface area contributed by atoms with Crippen LogP contribution in [0.5, 0.6) is 0 Å². The van der Waals surface area contributed by atoms with Crippen molar-refractivity contribution >= 4 is 17.6 Å². The number of carbonyl (C=O) groups excluding carboxylic acids is 2. The molecule has 1 aliphatic rings. The second kappa shape index (κ2) is 9.56. The molecule has 1 aliphatic heterocycles. The maximum atomic E-state index is 12.8. The van der Waals surface area contributed by atoms with Crippen molar-refractivity contribution in [3.63, 3.8) is 0 Å². The average molecular weight is 396 g/mol. The maximum Gasteiger partial charge on any atom is 0.338 e. The summed E-state index contributed by atoms with van der Waals surface area (Å²) in [5.41, 5.74) is 2.94. The zero-order valence-corrected chi connectivity index (χ0v) is 17.4. The van der Waals surface area contributed by atoms with Crippen LogP contribution in [0.4, 0.5) is 5.69 Å². The van der Waals surface area contributed by atoms with E-state index in [1.807, 2.05) is 14.1 Å². The molecule has 1 amide bonds. The number of hydrogen-bond donors (Lipinski definition) is 1. The molecule has 2 aromatic carbocycles. The molecule has 1 fully saturated rings. The van der Waals surface area contributed by atoms with Gasteiger partial charge in [-0.15, -0.1) is 0 Å². The first-order chi connectivity index (χ1) is 14.0. The average Bonchev–Trinajstić information content (AvgIpc) is 3.28. The Morgan fingerprint density at radius 3 is 2.24 bits per heavy atom. The lowest BCUT2D eigenvalue weighted by molar-refractivity contribution is 0.0596. The van der Waals surface area contributed by atoms with E-state index in [4.69, 9.17) is 4.74 Å². The smallest absolute Gasteiger partial charge is 0.338 e. The van der Waals surface area contributed by atoms with Crippen molar-refractivity contribution in [2.45, 2.75) is 18.9 Å². The van der Waals surface area contributed by atoms with E-state index < -0.39 is 5.97 Å². The van der Waals surface area contributed by atoms with E-state index in [1.165, 1.54) is 25.5 Å². The predicted octanol–water partition coefficient (Wildman–Crippen LogP) is 3.11. The Morgan fingerprint density at radius 2 is 1.66 bits per heavy atom. The number of rotatable bonds is 7. The minimum absolute atomic E-state index is 0.1000. The van der Waals surface area contributed by atoms with Crippen molar-refractivity contribution < 1.29 is 14.3 Å². The number of ether oxygens (including phenoxy) is 1. The molecule has 154 valence electrons. The van der Waals surface area contributed by atoms with E-state index in [0.29, 0.717) is 12.1 Å². The number of likely N-dealkylation sites (tertiary alicyclic amines) is 1. The van der Waals surface area contributed by atoms with E-state index in [2.05, 4.69) is 39.4 Å². The van der Waals surface area contributed by atoms with Crippen molar-refractivity contribution in [2.75, 3.05) is 45.7 Å². The van der Waals surface area contributed by atoms with Crippen LogP contribution in [0.1, 0.15) is 45.2 Å². The summed E-state index contributed by atoms with van der Waals surface area (Å²) in [6.07, 6.45) is 2.34. The van der Waals surface area contributed by atoms with Gasteiger partial charge in [0.05, 0.1) is 24.3 Å². The highest BCUT2D eigenvalue weighted by atomic mass is 16.5. The fourth-order valence-electron chi connectivity index (χ4n) is 3.76. The molecule has 6 heteroatoms. The summed E-state index contributed by atoms with van der Waals surface area (Å²) < 4.78 is 4.80. The monoisotopic (exact) mass is 395 g/mol. The SMILES string of the molecule is COC(=O)c1ccccc1C(=O)NCC(c1ccc(N(C)C)cc1)N1CCCC1. The lowest BCUT2D eigenvalue weighted by Gasteiger charge is -2.28. The van der Waals surface area contributed by atoms with Gasteiger partial charge in [-0.2, -0.15) is 0 Å². The maximum absolute atomic E-state index is 12.8. The van der Waals surface area contributed by atoms with Gasteiger partial charge in [-0.1, -0.05) is 24.3 Å². The zero-order valence-electron chi connectivity index (χ0n) is 17.4. The van der Waals surface area contributed by atoms with Gasteiger partial charge < -0.3 is 15.0 Å². The van der Waals surface area contributed by atoms with Crippen LogP contribution in [-0.2, 0) is 4.74 Å². The topological polar surface area (TPSA) is 61.9 Å². The first kappa shape index (κ1) is 20.9. The molecule has 1 unspecified atom stereocenters. The van der Waals surface area contributed by atoms with Gasteiger partial charge in [0, 0.05) is 26.3 Å². The number of nitrogens with zero attached hydrogens (tertiary/aromatic N) is 2. The Hall–Kier alpha value is -2.86. The Kier molecular flexibility index (Phi) is 6.88. The normalized spacial score (nSPS) is 15.0. The molecule has 1 N–H and O–H groups in total. The van der Waals surface area contributed by atoms with Crippen molar-refractivity contribution in [3.05, 3.63) is 65.2 Å². The first-order valence-electron chi connectivity index (χ1n) is 9.98. The Labute approximate surface area is 172 Å². The molecule has 1 saturated heterocycles. The largest absolute Gasteiger partial charge is 0.465 e. The van der Waals surface area contributed by atoms with Crippen molar-refractivity contribution in [2.24, 2.45) is 0 Å². The molecule has 2 aromatic rings. The molecule has 0 saturated carbocycles. The van der Waals surface area contributed by atoms with Crippen molar-refractivity contribution in [3.8, 4) is 0 Å². The van der Waals surface area contributed by atoms with Crippen molar-refractivity contribution in [1.29, 1.82) is 0 Å². The number of anilines is 1. The van der Waals surface area contributed by atoms with E-state index in [1.54, 1.807) is 24.3 Å². The van der Waals surface area contributed by atoms with E-state index in [9.17, 15) is 9.59 Å². The summed E-state index contributed by atoms with van der Waals surface area (Å²) in [6, 6.07) is 15.3. The number of hydrogen-bond acceptors (Lipinski definition) is 5. The first-order valence-corrected chi connectivity index (χ1v) is 9.98. The highest BCUT2D eigenvalue weighted by molar-refractivity contribution is 6.05. The third-order valence-corrected chi connectivity index (χ3v) is 5.41. The van der Waals surface area contributed by atoms with Gasteiger partial charge in [-0.3, -0.25) is 9.69 Å². The highest BCUT2D eigenvalue weighted by Gasteiger charge is 2.25. The van der Waals surface area contributed by atoms with Crippen LogP contribution in [0.25, 0.3) is 0 Å². The standard InChI is InChI=1S/C23H29N3O3/c1-25(2)18-12-10-17(11-13-18)21(26-14-6-7-15-26)16-24-22(27)19-8-4-5-9-20(19)23(28)29-3/h4-5,8-13,21H,6-7,14-16H2,1-3H3,(H,24,27). The third-order valence-electron chi connectivity index (χ3n) is 5.41. The summed E-state index contributed by atoms with van der Waals surface area (Å²) in [4.78, 5) is 29.3. The second-order valence-corrected chi connectivity index (χ2v) is 7.49. The fraction of sp³-hybridized carbons (Fsp3) is 0.391. The third kappa shape index (κ3) is 4.95. The predicted molar refractivity (Wildman–Crippen MR) is 114 cm³/mol. The van der Waals surface area contributed by atoms with Crippen LogP contribution in [-0.4, -0.2) is 57.6 Å². The molecule has 6 nitrogen and oxygen atoms in total. The molecule has 0 aromatic heterocycles. The molecule has 1 atom stereocenters. The van der Waals surface area contributed by atoms with Crippen LogP contribution >= 0.6 is 0 Å². The number of amides is 1. The summed E-state index contributed by atoms with van der Waals surface area (Å²) >= 11 is 0. The minimum atomic E-state index is -0.508. The van der Waals surface area contributed by atoms with Gasteiger partial charge in [-0.25, -0.2) is 4.79 Å². The molecule has 0 bridgehead atoms. The Balaban J connectivity index is 1.77. The lowest BCUT2D eigenvalue weighted by atomic mass is 10.0. The lowest BCUT2D eigenvalue weighted by Crippen LogP contribution is -2.37. The van der Waals surface area contributed by atoms with Gasteiger partial charge in [0.25, 0.3) is 5.91 Å². The highest BCUT2D eigenvalue weighted by Crippen LogP contribution is 2.26. The van der Waals surface area contributed by atoms with Crippen LogP contribution < -0.4 is 10.2 Å². The van der Waals surface area contributed by atoms with Gasteiger partial charge in [-0.05, 0) is 55.8 Å². The molecule has 3 rings (SSSR count). The van der Waals surface area contributed by atoms with Crippen LogP contribution in [0.3, 0.4) is 0 Å². The molecular weight excluding hydrogens is 366 g/mol. The second-order valence-electron chi connectivity index (χ2n) is 7.49. The van der Waals surface area contributed by atoms with E-state index >= 15 is 0 Å². The molecule has 29 heavy (non-hydrogen) atoms. The number of benzene rings is 2. The minimum Gasteiger partial charge on any atom is -0.465 e. The Morgan fingerprint density at radius 1 is 1.03 bits per heavy atom. The molecule has 0 aliphatic carbocycles. The molecule has 0 radical (unpaired) electrons. The van der Waals surface area contributed by atoms with Crippen LogP contribution in [0, 0.1) is 0 Å². The summed E-state index contributed by atoms with van der Waals surface area (Å²) in [5.74, 6) is -0.772. The summed E-state index contributed by atoms with van der Waals surface area (Å²) in [7, 11) is 5.36. The van der Waals surface area contributed by atoms with Gasteiger partial charge >= 0.3 is 5.97 Å². The van der Waals surface area contributed by atoms with Gasteiger partial charge in [0.15, 0.2) is 0 Å². The Bertz CT molecular complexity index is 843. The molecular formula is C23H29N3O3. The van der Waals surface area contributed by atoms with Gasteiger partial charge in [0.1, 0.15) is 0 Å². The van der Waals surface area contributed by atoms with Crippen molar-refractivity contribution in [1.82, 2.24) is 10.2 Å². The van der Waals surface area contributed by atoms with E-state index in [0.717, 1.165) is 18.8 Å². The summed E-state index contributed by atoms with van der Waals surface area (Å²) in [6.45, 7) is 2.53. The number of methoxy groups -OCH3 is 1. The molecule has 1 heterocycles. The number of nitrogens with one attached hydrogen (secondary N) is 1. The zero-order chi connectivity index (χ0) is 20.8. The van der Waals surface area contributed by atoms with Crippen LogP contribution in [0.2, 0.25) is 0 Å². The number of esters is 1. The molecule has 0 spiro atoms. The van der Waals surface area contributed by atoms with Gasteiger partial charge in [0.2, 0.25) is 0 Å². The summed E-state index contributed by atoms with van der Waals surface area (Å²) in [5, 5.41) is 3.03.